The first-order valence-corrected chi connectivity index (χ1v) is 6.73. The van der Waals surface area contributed by atoms with Gasteiger partial charge in [-0.15, -0.1) is 0 Å². The van der Waals surface area contributed by atoms with E-state index in [-0.39, 0.29) is 16.5 Å². The number of rotatable bonds is 4. The number of carbonyl (C=O) groups is 1. The minimum atomic E-state index is -0.384. The fraction of sp³-hybridized carbons (Fsp3) is 0.500. The quantitative estimate of drug-likeness (QED) is 0.617. The van der Waals surface area contributed by atoms with Gasteiger partial charge < -0.3 is 4.90 Å². The lowest BCUT2D eigenvalue weighted by Crippen LogP contribution is -2.36. The Labute approximate surface area is 111 Å². The summed E-state index contributed by atoms with van der Waals surface area (Å²) in [4.78, 5) is 24.2. The molecule has 5 heteroatoms. The lowest BCUT2D eigenvalue weighted by molar-refractivity contribution is -0.384. The van der Waals surface area contributed by atoms with E-state index in [0.29, 0.717) is 12.8 Å². The van der Waals surface area contributed by atoms with Crippen molar-refractivity contribution >= 4 is 17.3 Å². The molecule has 0 atom stereocenters. The maximum atomic E-state index is 12.0. The monoisotopic (exact) mass is 260 g/mol. The third kappa shape index (κ3) is 2.45. The second kappa shape index (κ2) is 4.64. The largest absolute Gasteiger partial charge is 0.312 e. The van der Waals surface area contributed by atoms with Crippen LogP contribution in [0.25, 0.3) is 0 Å². The van der Waals surface area contributed by atoms with Gasteiger partial charge in [0.15, 0.2) is 0 Å². The number of carbonyl (C=O) groups excluding carboxylic acids is 1. The van der Waals surface area contributed by atoms with Crippen LogP contribution >= 0.6 is 0 Å². The zero-order chi connectivity index (χ0) is 13.4. The predicted molar refractivity (Wildman–Crippen MR) is 71.1 cm³/mol. The van der Waals surface area contributed by atoms with Gasteiger partial charge in [0, 0.05) is 30.8 Å². The third-order valence-corrected chi connectivity index (χ3v) is 3.93. The molecule has 1 fully saturated rings. The van der Waals surface area contributed by atoms with Crippen LogP contribution in [0.3, 0.4) is 0 Å². The summed E-state index contributed by atoms with van der Waals surface area (Å²) in [6.45, 7) is 0.744. The SMILES string of the molecule is O=C1CCc2cc([N+](=O)[O-])ccc2N1CCC1CC1. The van der Waals surface area contributed by atoms with E-state index in [1.54, 1.807) is 17.0 Å². The highest BCUT2D eigenvalue weighted by Crippen LogP contribution is 2.35. The molecule has 0 unspecified atom stereocenters. The first-order chi connectivity index (χ1) is 9.15. The van der Waals surface area contributed by atoms with Gasteiger partial charge in [0.2, 0.25) is 5.91 Å². The molecular formula is C14H16N2O3. The molecule has 2 aliphatic rings. The van der Waals surface area contributed by atoms with Crippen LogP contribution in [-0.2, 0) is 11.2 Å². The van der Waals surface area contributed by atoms with Crippen LogP contribution in [0.15, 0.2) is 18.2 Å². The molecule has 1 heterocycles. The lowest BCUT2D eigenvalue weighted by atomic mass is 10.00. The molecule has 1 amide bonds. The van der Waals surface area contributed by atoms with Gasteiger partial charge in [0.25, 0.3) is 5.69 Å². The first-order valence-electron chi connectivity index (χ1n) is 6.73. The van der Waals surface area contributed by atoms with Crippen molar-refractivity contribution in [3.05, 3.63) is 33.9 Å². The molecule has 1 aromatic rings. The number of nitro benzene ring substituents is 1. The Morgan fingerprint density at radius 1 is 1.32 bits per heavy atom. The number of benzene rings is 1. The number of hydrogen-bond acceptors (Lipinski definition) is 3. The lowest BCUT2D eigenvalue weighted by Gasteiger charge is -2.29. The summed E-state index contributed by atoms with van der Waals surface area (Å²) in [6.07, 6.45) is 4.65. The van der Waals surface area contributed by atoms with Gasteiger partial charge in [-0.05, 0) is 30.4 Å². The van der Waals surface area contributed by atoms with Crippen molar-refractivity contribution in [2.75, 3.05) is 11.4 Å². The van der Waals surface area contributed by atoms with Crippen molar-refractivity contribution in [3.8, 4) is 0 Å². The molecule has 1 saturated carbocycles. The first kappa shape index (κ1) is 12.1. The minimum Gasteiger partial charge on any atom is -0.312 e. The van der Waals surface area contributed by atoms with E-state index in [4.69, 9.17) is 0 Å². The standard InChI is InChI=1S/C14H16N2O3/c17-14-6-3-11-9-12(16(18)19)4-5-13(11)15(14)8-7-10-1-2-10/h4-5,9-10H,1-3,6-8H2. The van der Waals surface area contributed by atoms with Crippen molar-refractivity contribution in [1.29, 1.82) is 0 Å². The van der Waals surface area contributed by atoms with Crippen LogP contribution < -0.4 is 4.90 Å². The van der Waals surface area contributed by atoms with Crippen molar-refractivity contribution in [3.63, 3.8) is 0 Å². The Morgan fingerprint density at radius 3 is 2.79 bits per heavy atom. The molecular weight excluding hydrogens is 244 g/mol. The van der Waals surface area contributed by atoms with E-state index in [1.165, 1.54) is 18.9 Å². The topological polar surface area (TPSA) is 63.4 Å². The Bertz CT molecular complexity index is 537. The van der Waals surface area contributed by atoms with Gasteiger partial charge >= 0.3 is 0 Å². The number of nitrogens with zero attached hydrogens (tertiary/aromatic N) is 2. The van der Waals surface area contributed by atoms with E-state index in [1.807, 2.05) is 0 Å². The van der Waals surface area contributed by atoms with Gasteiger partial charge in [0.1, 0.15) is 0 Å². The molecule has 0 N–H and O–H groups in total. The van der Waals surface area contributed by atoms with Crippen LogP contribution in [-0.4, -0.2) is 17.4 Å². The van der Waals surface area contributed by atoms with Crippen LogP contribution in [0.1, 0.15) is 31.2 Å². The molecule has 3 rings (SSSR count). The molecule has 0 bridgehead atoms. The summed E-state index contributed by atoms with van der Waals surface area (Å²) in [6, 6.07) is 4.81. The van der Waals surface area contributed by atoms with E-state index >= 15 is 0 Å². The highest BCUT2D eigenvalue weighted by molar-refractivity contribution is 5.96. The normalized spacial score (nSPS) is 18.3. The summed E-state index contributed by atoms with van der Waals surface area (Å²) in [5, 5.41) is 10.8. The van der Waals surface area contributed by atoms with Gasteiger partial charge in [-0.2, -0.15) is 0 Å². The highest BCUT2D eigenvalue weighted by atomic mass is 16.6. The predicted octanol–water partition coefficient (Wildman–Crippen LogP) is 2.67. The zero-order valence-electron chi connectivity index (χ0n) is 10.7. The van der Waals surface area contributed by atoms with Crippen LogP contribution in [0.4, 0.5) is 11.4 Å². The van der Waals surface area contributed by atoms with Crippen molar-refractivity contribution in [1.82, 2.24) is 0 Å². The van der Waals surface area contributed by atoms with Crippen LogP contribution in [0.2, 0.25) is 0 Å². The molecule has 0 saturated heterocycles. The average molecular weight is 260 g/mol. The summed E-state index contributed by atoms with van der Waals surface area (Å²) in [5.74, 6) is 0.915. The number of hydrogen-bond donors (Lipinski definition) is 0. The summed E-state index contributed by atoms with van der Waals surface area (Å²) in [5.41, 5.74) is 1.89. The third-order valence-electron chi connectivity index (χ3n) is 3.93. The molecule has 0 aromatic heterocycles. The van der Waals surface area contributed by atoms with Crippen LogP contribution in [0.5, 0.6) is 0 Å². The number of fused-ring (bicyclic) bond motifs is 1. The molecule has 1 aliphatic carbocycles. The number of non-ortho nitro benzene ring substituents is 1. The molecule has 100 valence electrons. The van der Waals surface area contributed by atoms with Gasteiger partial charge in [-0.25, -0.2) is 0 Å². The molecule has 1 aromatic carbocycles. The maximum Gasteiger partial charge on any atom is 0.269 e. The van der Waals surface area contributed by atoms with Gasteiger partial charge in [0.05, 0.1) is 4.92 Å². The maximum absolute atomic E-state index is 12.0. The fourth-order valence-electron chi connectivity index (χ4n) is 2.62. The van der Waals surface area contributed by atoms with Gasteiger partial charge in [-0.1, -0.05) is 12.8 Å². The molecule has 5 nitrogen and oxygen atoms in total. The van der Waals surface area contributed by atoms with Crippen molar-refractivity contribution in [2.24, 2.45) is 5.92 Å². The number of anilines is 1. The van der Waals surface area contributed by atoms with E-state index in [9.17, 15) is 14.9 Å². The summed E-state index contributed by atoms with van der Waals surface area (Å²) in [7, 11) is 0. The second-order valence-corrected chi connectivity index (χ2v) is 5.35. The minimum absolute atomic E-state index is 0.107. The van der Waals surface area contributed by atoms with Gasteiger partial charge in [-0.3, -0.25) is 14.9 Å². The smallest absolute Gasteiger partial charge is 0.269 e. The Morgan fingerprint density at radius 2 is 2.11 bits per heavy atom. The highest BCUT2D eigenvalue weighted by Gasteiger charge is 2.28. The van der Waals surface area contributed by atoms with Crippen molar-refractivity contribution in [2.45, 2.75) is 32.1 Å². The number of aryl methyl sites for hydroxylation is 1. The van der Waals surface area contributed by atoms with E-state index < -0.39 is 0 Å². The summed E-state index contributed by atoms with van der Waals surface area (Å²) >= 11 is 0. The average Bonchev–Trinajstić information content (AvgIpc) is 3.21. The summed E-state index contributed by atoms with van der Waals surface area (Å²) < 4.78 is 0. The van der Waals surface area contributed by atoms with Crippen molar-refractivity contribution < 1.29 is 9.72 Å². The Balaban J connectivity index is 1.85. The fourth-order valence-corrected chi connectivity index (χ4v) is 2.62. The zero-order valence-corrected chi connectivity index (χ0v) is 10.7. The number of nitro groups is 1. The molecule has 19 heavy (non-hydrogen) atoms. The molecule has 0 spiro atoms. The van der Waals surface area contributed by atoms with E-state index in [0.717, 1.165) is 30.1 Å². The number of amides is 1. The molecule has 0 radical (unpaired) electrons. The Kier molecular flexibility index (Phi) is 2.97. The van der Waals surface area contributed by atoms with E-state index in [2.05, 4.69) is 0 Å². The second-order valence-electron chi connectivity index (χ2n) is 5.35. The van der Waals surface area contributed by atoms with Crippen LogP contribution in [0, 0.1) is 16.0 Å². The Hall–Kier alpha value is -1.91. The molecule has 1 aliphatic heterocycles.